The fourth-order valence-corrected chi connectivity index (χ4v) is 4.28. The maximum atomic E-state index is 14.1. The molecule has 1 aromatic heterocycles. The molecule has 0 saturated heterocycles. The molecule has 1 heterocycles. The number of carbonyl (C=O) groups excluding carboxylic acids is 2. The summed E-state index contributed by atoms with van der Waals surface area (Å²) in [5.74, 6) is -1.19. The van der Waals surface area contributed by atoms with Crippen LogP contribution in [0.4, 0.5) is 4.39 Å². The molecule has 0 spiro atoms. The van der Waals surface area contributed by atoms with Crippen molar-refractivity contribution in [2.75, 3.05) is 6.54 Å². The van der Waals surface area contributed by atoms with Gasteiger partial charge in [-0.25, -0.2) is 4.39 Å². The number of hydrogen-bond donors (Lipinski definition) is 2. The summed E-state index contributed by atoms with van der Waals surface area (Å²) in [6.45, 7) is 1.42. The van der Waals surface area contributed by atoms with Crippen LogP contribution >= 0.6 is 27.5 Å². The minimum Gasteiger partial charge on any atom is -0.387 e. The number of fused-ring (bicyclic) bond motifs is 1. The molecule has 0 radical (unpaired) electrons. The lowest BCUT2D eigenvalue weighted by atomic mass is 10.1. The van der Waals surface area contributed by atoms with Gasteiger partial charge in [-0.2, -0.15) is 5.10 Å². The summed E-state index contributed by atoms with van der Waals surface area (Å²) in [5.41, 5.74) is 1.48. The van der Waals surface area contributed by atoms with E-state index in [1.807, 2.05) is 18.2 Å². The number of aliphatic hydroxyl groups excluding tert-OH is 1. The third-order valence-corrected chi connectivity index (χ3v) is 6.34. The van der Waals surface area contributed by atoms with Gasteiger partial charge in [0.1, 0.15) is 12.4 Å². The molecule has 174 valence electrons. The van der Waals surface area contributed by atoms with Gasteiger partial charge in [-0.05, 0) is 44.0 Å². The zero-order valence-corrected chi connectivity index (χ0v) is 20.2. The number of amides is 2. The van der Waals surface area contributed by atoms with Crippen LogP contribution in [0.5, 0.6) is 0 Å². The van der Waals surface area contributed by atoms with E-state index in [9.17, 15) is 19.1 Å². The lowest BCUT2D eigenvalue weighted by Gasteiger charge is -2.22. The first-order chi connectivity index (χ1) is 15.7. The van der Waals surface area contributed by atoms with Crippen molar-refractivity contribution in [1.82, 2.24) is 20.0 Å². The van der Waals surface area contributed by atoms with Crippen molar-refractivity contribution in [3.8, 4) is 0 Å². The summed E-state index contributed by atoms with van der Waals surface area (Å²) in [5, 5.41) is 18.0. The Morgan fingerprint density at radius 2 is 2.12 bits per heavy atom. The van der Waals surface area contributed by atoms with Crippen LogP contribution in [0.2, 0.25) is 5.02 Å². The lowest BCUT2D eigenvalue weighted by molar-refractivity contribution is -0.137. The van der Waals surface area contributed by atoms with Gasteiger partial charge >= 0.3 is 0 Å². The number of halogens is 3. The van der Waals surface area contributed by atoms with Gasteiger partial charge in [0.2, 0.25) is 11.8 Å². The highest BCUT2D eigenvalue weighted by atomic mass is 79.9. The molecule has 1 atom stereocenters. The van der Waals surface area contributed by atoms with Crippen LogP contribution in [0, 0.1) is 5.82 Å². The van der Waals surface area contributed by atoms with Gasteiger partial charge in [0.15, 0.2) is 0 Å². The Bertz CT molecular complexity index is 1210. The van der Waals surface area contributed by atoms with Gasteiger partial charge in [0.25, 0.3) is 0 Å². The standard InChI is InChI=1S/C23H23BrClFN4O3/c1-13(31)23-17-9-15(24)5-8-19(17)30(28-23)12-21(33)29(16-6-7-16)11-20(32)27-10-14-3-2-4-18(25)22(14)26/h2-5,8-9,13,16,31H,6-7,10-12H2,1H3,(H,27,32). The second kappa shape index (κ2) is 9.79. The predicted molar refractivity (Wildman–Crippen MR) is 126 cm³/mol. The molecule has 2 aromatic carbocycles. The van der Waals surface area contributed by atoms with Crippen molar-refractivity contribution < 1.29 is 19.1 Å². The van der Waals surface area contributed by atoms with Crippen LogP contribution < -0.4 is 5.32 Å². The van der Waals surface area contributed by atoms with Crippen molar-refractivity contribution in [2.45, 2.75) is 45.0 Å². The van der Waals surface area contributed by atoms with E-state index in [4.69, 9.17) is 11.6 Å². The topological polar surface area (TPSA) is 87.5 Å². The zero-order chi connectivity index (χ0) is 23.7. The molecule has 1 aliphatic rings. The molecular weight excluding hydrogens is 515 g/mol. The summed E-state index contributed by atoms with van der Waals surface area (Å²) in [6, 6.07) is 10.1. The third-order valence-electron chi connectivity index (χ3n) is 5.55. The summed E-state index contributed by atoms with van der Waals surface area (Å²) < 4.78 is 16.5. The minimum absolute atomic E-state index is 0.00152. The molecule has 4 rings (SSSR count). The molecule has 33 heavy (non-hydrogen) atoms. The maximum absolute atomic E-state index is 14.1. The molecule has 1 unspecified atom stereocenters. The molecule has 1 saturated carbocycles. The average Bonchev–Trinajstić information content (AvgIpc) is 3.55. The first-order valence-corrected chi connectivity index (χ1v) is 11.7. The van der Waals surface area contributed by atoms with E-state index in [1.165, 1.54) is 11.0 Å². The minimum atomic E-state index is -0.796. The number of aromatic nitrogens is 2. The van der Waals surface area contributed by atoms with Crippen molar-refractivity contribution >= 4 is 50.2 Å². The SMILES string of the molecule is CC(O)c1nn(CC(=O)N(CC(=O)NCc2cccc(Cl)c2F)C2CC2)c2ccc(Br)cc12. The Labute approximate surface area is 203 Å². The van der Waals surface area contributed by atoms with Crippen LogP contribution in [0.1, 0.15) is 37.1 Å². The molecule has 1 aliphatic carbocycles. The molecule has 7 nitrogen and oxygen atoms in total. The van der Waals surface area contributed by atoms with Crippen molar-refractivity contribution in [3.05, 3.63) is 63.0 Å². The maximum Gasteiger partial charge on any atom is 0.245 e. The average molecular weight is 538 g/mol. The van der Waals surface area contributed by atoms with Crippen molar-refractivity contribution in [1.29, 1.82) is 0 Å². The van der Waals surface area contributed by atoms with Crippen molar-refractivity contribution in [2.24, 2.45) is 0 Å². The quantitative estimate of drug-likeness (QED) is 0.456. The second-order valence-corrected chi connectivity index (χ2v) is 9.45. The Kier molecular flexibility index (Phi) is 7.02. The van der Waals surface area contributed by atoms with E-state index in [0.29, 0.717) is 5.69 Å². The Morgan fingerprint density at radius 1 is 1.36 bits per heavy atom. The molecule has 2 N–H and O–H groups in total. The number of benzene rings is 2. The predicted octanol–water partition coefficient (Wildman–Crippen LogP) is 3.95. The van der Waals surface area contributed by atoms with E-state index < -0.39 is 11.9 Å². The molecule has 3 aromatic rings. The number of nitrogens with one attached hydrogen (secondary N) is 1. The fraction of sp³-hybridized carbons (Fsp3) is 0.348. The van der Waals surface area contributed by atoms with Crippen LogP contribution in [0.25, 0.3) is 10.9 Å². The summed E-state index contributed by atoms with van der Waals surface area (Å²) in [7, 11) is 0. The Balaban J connectivity index is 1.46. The van der Waals surface area contributed by atoms with E-state index in [1.54, 1.807) is 23.7 Å². The summed E-state index contributed by atoms with van der Waals surface area (Å²) >= 11 is 9.21. The van der Waals surface area contributed by atoms with Crippen LogP contribution in [0.15, 0.2) is 40.9 Å². The zero-order valence-electron chi connectivity index (χ0n) is 17.9. The molecule has 10 heteroatoms. The van der Waals surface area contributed by atoms with Gasteiger partial charge in [0, 0.05) is 28.0 Å². The normalized spacial score (nSPS) is 14.3. The molecular formula is C23H23BrClFN4O3. The van der Waals surface area contributed by atoms with Gasteiger partial charge in [0.05, 0.1) is 28.9 Å². The van der Waals surface area contributed by atoms with E-state index in [0.717, 1.165) is 28.2 Å². The van der Waals surface area contributed by atoms with Gasteiger partial charge in [-0.1, -0.05) is 39.7 Å². The third kappa shape index (κ3) is 5.37. The Hall–Kier alpha value is -2.49. The molecule has 2 amide bonds. The van der Waals surface area contributed by atoms with Gasteiger partial charge in [-0.15, -0.1) is 0 Å². The van der Waals surface area contributed by atoms with Gasteiger partial charge < -0.3 is 15.3 Å². The lowest BCUT2D eigenvalue weighted by Crippen LogP contribution is -2.43. The first-order valence-electron chi connectivity index (χ1n) is 10.6. The highest BCUT2D eigenvalue weighted by Crippen LogP contribution is 2.29. The summed E-state index contributed by atoms with van der Waals surface area (Å²) in [6.07, 6.45) is 0.858. The summed E-state index contributed by atoms with van der Waals surface area (Å²) in [4.78, 5) is 27.2. The number of hydrogen-bond acceptors (Lipinski definition) is 4. The second-order valence-electron chi connectivity index (χ2n) is 8.12. The van der Waals surface area contributed by atoms with Crippen LogP contribution in [-0.4, -0.2) is 44.2 Å². The van der Waals surface area contributed by atoms with E-state index >= 15 is 0 Å². The highest BCUT2D eigenvalue weighted by molar-refractivity contribution is 9.10. The van der Waals surface area contributed by atoms with E-state index in [2.05, 4.69) is 26.3 Å². The largest absolute Gasteiger partial charge is 0.387 e. The van der Waals surface area contributed by atoms with Gasteiger partial charge in [-0.3, -0.25) is 14.3 Å². The van der Waals surface area contributed by atoms with E-state index in [-0.39, 0.29) is 48.1 Å². The molecule has 1 fully saturated rings. The van der Waals surface area contributed by atoms with Crippen LogP contribution in [-0.2, 0) is 22.7 Å². The van der Waals surface area contributed by atoms with Crippen molar-refractivity contribution in [3.63, 3.8) is 0 Å². The number of rotatable bonds is 8. The molecule has 0 aliphatic heterocycles. The number of carbonyl (C=O) groups is 2. The number of aliphatic hydroxyl groups is 1. The Morgan fingerprint density at radius 3 is 2.82 bits per heavy atom. The van der Waals surface area contributed by atoms with Crippen LogP contribution in [0.3, 0.4) is 0 Å². The monoisotopic (exact) mass is 536 g/mol. The highest BCUT2D eigenvalue weighted by Gasteiger charge is 2.34. The number of nitrogens with zero attached hydrogens (tertiary/aromatic N) is 3. The fourth-order valence-electron chi connectivity index (χ4n) is 3.72. The smallest absolute Gasteiger partial charge is 0.245 e. The first kappa shape index (κ1) is 23.7. The molecule has 0 bridgehead atoms.